The Labute approximate surface area is 245 Å². The molecule has 4 rings (SSSR count). The number of carbonyl (C=O) groups is 1. The Kier molecular flexibility index (Phi) is 9.76. The van der Waals surface area contributed by atoms with Gasteiger partial charge >= 0.3 is 5.97 Å². The molecule has 2 heterocycles. The van der Waals surface area contributed by atoms with Crippen LogP contribution in [0.4, 0.5) is 35.2 Å². The third-order valence-electron chi connectivity index (χ3n) is 6.48. The van der Waals surface area contributed by atoms with E-state index in [9.17, 15) is 4.79 Å². The molecule has 0 amide bonds. The number of hydrogen-bond acceptors (Lipinski definition) is 13. The molecule has 0 bridgehead atoms. The van der Waals surface area contributed by atoms with Gasteiger partial charge in [0.05, 0.1) is 20.2 Å². The van der Waals surface area contributed by atoms with Gasteiger partial charge in [-0.15, -0.1) is 0 Å². The van der Waals surface area contributed by atoms with Crippen molar-refractivity contribution in [2.75, 3.05) is 29.2 Å². The molecular formula is C29H37N11O2. The molecule has 13 nitrogen and oxygen atoms in total. The smallest absolute Gasteiger partial charge is 0.323 e. The molecule has 2 aromatic heterocycles. The maximum absolute atomic E-state index is 13.1. The molecule has 0 aliphatic rings. The molecule has 0 aliphatic carbocycles. The molecule has 4 aromatic rings. The average molecular weight is 572 g/mol. The zero-order valence-electron chi connectivity index (χ0n) is 24.5. The van der Waals surface area contributed by atoms with Crippen molar-refractivity contribution in [3.63, 3.8) is 0 Å². The van der Waals surface area contributed by atoms with E-state index in [0.29, 0.717) is 30.0 Å². The molecule has 220 valence electrons. The Morgan fingerprint density at radius 1 is 0.786 bits per heavy atom. The molecule has 1 unspecified atom stereocenters. The van der Waals surface area contributed by atoms with Gasteiger partial charge in [0.2, 0.25) is 23.8 Å². The van der Waals surface area contributed by atoms with Gasteiger partial charge in [-0.2, -0.15) is 29.9 Å². The van der Waals surface area contributed by atoms with Crippen molar-refractivity contribution in [1.29, 1.82) is 0 Å². The summed E-state index contributed by atoms with van der Waals surface area (Å²) < 4.78 is 5.19. The summed E-state index contributed by atoms with van der Waals surface area (Å²) in [6, 6.07) is 14.9. The van der Waals surface area contributed by atoms with Gasteiger partial charge in [-0.05, 0) is 49.4 Å². The van der Waals surface area contributed by atoms with E-state index in [0.717, 1.165) is 22.5 Å². The second-order valence-corrected chi connectivity index (χ2v) is 10.3. The summed E-state index contributed by atoms with van der Waals surface area (Å²) >= 11 is 0. The van der Waals surface area contributed by atoms with Crippen LogP contribution < -0.4 is 22.1 Å². The van der Waals surface area contributed by atoms with Crippen LogP contribution in [0.15, 0.2) is 48.5 Å². The maximum atomic E-state index is 13.1. The SMILES string of the molecule is COC(=O)C(CC(C)C)N(Cc1nc(N)nc(Nc2ccccc2C)n1)Cc1nc(N)nc(Nc2ccccc2C)n1. The number of anilines is 6. The topological polar surface area (TPSA) is 183 Å². The number of nitrogens with one attached hydrogen (secondary N) is 2. The van der Waals surface area contributed by atoms with Crippen molar-refractivity contribution in [1.82, 2.24) is 34.8 Å². The molecule has 13 heteroatoms. The molecule has 0 saturated heterocycles. The number of carbonyl (C=O) groups excluding carboxylic acids is 1. The number of benzene rings is 2. The Hall–Kier alpha value is -4.91. The number of para-hydroxylation sites is 2. The van der Waals surface area contributed by atoms with Gasteiger partial charge < -0.3 is 26.8 Å². The maximum Gasteiger partial charge on any atom is 0.323 e. The van der Waals surface area contributed by atoms with Crippen molar-refractivity contribution in [3.05, 3.63) is 71.3 Å². The fraction of sp³-hybridized carbons (Fsp3) is 0.345. The predicted octanol–water partition coefficient (Wildman–Crippen LogP) is 3.91. The van der Waals surface area contributed by atoms with Crippen LogP contribution in [-0.4, -0.2) is 53.9 Å². The highest BCUT2D eigenvalue weighted by molar-refractivity contribution is 5.75. The van der Waals surface area contributed by atoms with E-state index in [1.165, 1.54) is 7.11 Å². The molecule has 42 heavy (non-hydrogen) atoms. The fourth-order valence-corrected chi connectivity index (χ4v) is 4.41. The summed E-state index contributed by atoms with van der Waals surface area (Å²) in [7, 11) is 1.37. The lowest BCUT2D eigenvalue weighted by Gasteiger charge is -2.30. The Bertz CT molecular complexity index is 1430. The number of nitrogens with two attached hydrogens (primary N) is 2. The summed E-state index contributed by atoms with van der Waals surface area (Å²) in [6.07, 6.45) is 0.510. The quantitative estimate of drug-likeness (QED) is 0.180. The van der Waals surface area contributed by atoms with E-state index in [2.05, 4.69) is 40.5 Å². The number of esters is 1. The molecule has 1 atom stereocenters. The van der Waals surface area contributed by atoms with Crippen LogP contribution >= 0.6 is 0 Å². The number of hydrogen-bond donors (Lipinski definition) is 4. The first-order valence-electron chi connectivity index (χ1n) is 13.6. The van der Waals surface area contributed by atoms with Gasteiger partial charge in [0.25, 0.3) is 0 Å². The zero-order valence-corrected chi connectivity index (χ0v) is 24.5. The van der Waals surface area contributed by atoms with Gasteiger partial charge in [0.1, 0.15) is 17.7 Å². The molecule has 0 aliphatic heterocycles. The minimum absolute atomic E-state index is 0.0450. The lowest BCUT2D eigenvalue weighted by Crippen LogP contribution is -2.42. The zero-order chi connectivity index (χ0) is 30.2. The van der Waals surface area contributed by atoms with E-state index in [-0.39, 0.29) is 30.9 Å². The van der Waals surface area contributed by atoms with Crippen molar-refractivity contribution < 1.29 is 9.53 Å². The van der Waals surface area contributed by atoms with Crippen molar-refractivity contribution in [3.8, 4) is 0 Å². The van der Waals surface area contributed by atoms with Crippen molar-refractivity contribution >= 4 is 41.1 Å². The molecule has 0 saturated carbocycles. The standard InChI is InChI=1S/C29H37N11O2/c1-17(2)14-22(25(41)42-5)40(15-23-34-26(30)38-28(36-23)32-20-12-8-6-10-18(20)3)16-24-35-27(31)39-29(37-24)33-21-13-9-7-11-19(21)4/h6-13,17,22H,14-16H2,1-5H3,(H3,30,32,34,36,38)(H3,31,33,35,37,39). The summed E-state index contributed by atoms with van der Waals surface area (Å²) in [5.41, 5.74) is 15.9. The average Bonchev–Trinajstić information content (AvgIpc) is 2.93. The number of aryl methyl sites for hydroxylation is 2. The van der Waals surface area contributed by atoms with Crippen LogP contribution in [0.1, 0.15) is 43.0 Å². The van der Waals surface area contributed by atoms with Gasteiger partial charge in [-0.1, -0.05) is 50.2 Å². The first kappa shape index (κ1) is 30.1. The van der Waals surface area contributed by atoms with E-state index in [1.807, 2.05) is 81.1 Å². The van der Waals surface area contributed by atoms with E-state index >= 15 is 0 Å². The number of nitrogens with zero attached hydrogens (tertiary/aromatic N) is 7. The fourth-order valence-electron chi connectivity index (χ4n) is 4.41. The van der Waals surface area contributed by atoms with Gasteiger partial charge in [0, 0.05) is 11.4 Å². The summed E-state index contributed by atoms with van der Waals surface area (Å²) in [6.45, 7) is 8.28. The summed E-state index contributed by atoms with van der Waals surface area (Å²) in [5.74, 6) is 1.17. The third kappa shape index (κ3) is 8.07. The molecule has 0 fully saturated rings. The molecule has 6 N–H and O–H groups in total. The number of rotatable bonds is 12. The van der Waals surface area contributed by atoms with Crippen LogP contribution in [0.3, 0.4) is 0 Å². The largest absolute Gasteiger partial charge is 0.468 e. The second kappa shape index (κ2) is 13.6. The minimum Gasteiger partial charge on any atom is -0.468 e. The Morgan fingerprint density at radius 2 is 1.24 bits per heavy atom. The third-order valence-corrected chi connectivity index (χ3v) is 6.48. The second-order valence-electron chi connectivity index (χ2n) is 10.3. The van der Waals surface area contributed by atoms with E-state index in [4.69, 9.17) is 16.2 Å². The predicted molar refractivity (Wildman–Crippen MR) is 162 cm³/mol. The van der Waals surface area contributed by atoms with Gasteiger partial charge in [-0.3, -0.25) is 9.69 Å². The number of methoxy groups -OCH3 is 1. The first-order valence-corrected chi connectivity index (χ1v) is 13.6. The van der Waals surface area contributed by atoms with Crippen LogP contribution in [0.25, 0.3) is 0 Å². The van der Waals surface area contributed by atoms with Crippen LogP contribution in [-0.2, 0) is 22.6 Å². The van der Waals surface area contributed by atoms with Crippen LogP contribution in [0.5, 0.6) is 0 Å². The van der Waals surface area contributed by atoms with Crippen molar-refractivity contribution in [2.24, 2.45) is 5.92 Å². The Balaban J connectivity index is 1.67. The lowest BCUT2D eigenvalue weighted by atomic mass is 10.0. The summed E-state index contributed by atoms with van der Waals surface area (Å²) in [5, 5.41) is 6.41. The number of ether oxygens (including phenoxy) is 1. The van der Waals surface area contributed by atoms with E-state index < -0.39 is 12.0 Å². The van der Waals surface area contributed by atoms with Crippen LogP contribution in [0.2, 0.25) is 0 Å². The van der Waals surface area contributed by atoms with E-state index in [1.54, 1.807) is 0 Å². The minimum atomic E-state index is -0.647. The molecule has 0 spiro atoms. The summed E-state index contributed by atoms with van der Waals surface area (Å²) in [4.78, 5) is 41.3. The number of nitrogen functional groups attached to an aromatic ring is 2. The highest BCUT2D eigenvalue weighted by atomic mass is 16.5. The monoisotopic (exact) mass is 571 g/mol. The molecule has 0 radical (unpaired) electrons. The van der Waals surface area contributed by atoms with Crippen LogP contribution in [0, 0.1) is 19.8 Å². The Morgan fingerprint density at radius 3 is 1.64 bits per heavy atom. The molecular weight excluding hydrogens is 534 g/mol. The highest BCUT2D eigenvalue weighted by Gasteiger charge is 2.30. The first-order chi connectivity index (χ1) is 20.1. The van der Waals surface area contributed by atoms with Crippen molar-refractivity contribution in [2.45, 2.75) is 53.2 Å². The lowest BCUT2D eigenvalue weighted by molar-refractivity contribution is -0.148. The normalized spacial score (nSPS) is 11.9. The highest BCUT2D eigenvalue weighted by Crippen LogP contribution is 2.22. The van der Waals surface area contributed by atoms with Gasteiger partial charge in [0.15, 0.2) is 0 Å². The van der Waals surface area contributed by atoms with Gasteiger partial charge in [-0.25, -0.2) is 0 Å². The number of aromatic nitrogens is 6. The molecule has 2 aromatic carbocycles.